The topological polar surface area (TPSA) is 109 Å². The van der Waals surface area contributed by atoms with E-state index in [2.05, 4.69) is 14.7 Å². The highest BCUT2D eigenvalue weighted by molar-refractivity contribution is 7.92. The second-order valence-electron chi connectivity index (χ2n) is 4.84. The number of aromatic nitrogens is 2. The van der Waals surface area contributed by atoms with Gasteiger partial charge in [-0.3, -0.25) is 0 Å². The molecular formula is C9H15N3O4S2. The fourth-order valence-corrected chi connectivity index (χ4v) is 5.60. The number of hydrogen-bond donors (Lipinski definition) is 2. The zero-order chi connectivity index (χ0) is 13.6. The van der Waals surface area contributed by atoms with Gasteiger partial charge in [0.1, 0.15) is 5.82 Å². The molecule has 0 aliphatic carbocycles. The molecule has 18 heavy (non-hydrogen) atoms. The van der Waals surface area contributed by atoms with Crippen molar-refractivity contribution in [2.45, 2.75) is 30.8 Å². The van der Waals surface area contributed by atoms with Crippen molar-refractivity contribution < 1.29 is 16.8 Å². The standard InChI is InChI=1S/C9H15N3O4S2/c1-7-10-5-8(11-7)18(15,16)12-9(2)3-4-17(13,14)6-9/h5,12H,3-4,6H2,1-2H3,(H,10,11). The van der Waals surface area contributed by atoms with Gasteiger partial charge >= 0.3 is 0 Å². The van der Waals surface area contributed by atoms with E-state index in [1.165, 1.54) is 6.20 Å². The first kappa shape index (κ1) is 13.5. The van der Waals surface area contributed by atoms with Crippen molar-refractivity contribution in [3.8, 4) is 0 Å². The Kier molecular flexibility index (Phi) is 3.03. The predicted molar refractivity (Wildman–Crippen MR) is 65.3 cm³/mol. The lowest BCUT2D eigenvalue weighted by Gasteiger charge is -2.22. The lowest BCUT2D eigenvalue weighted by molar-refractivity contribution is 0.460. The predicted octanol–water partition coefficient (Wildman–Crippen LogP) is -0.426. The lowest BCUT2D eigenvalue weighted by atomic mass is 10.0. The Hall–Kier alpha value is -0.930. The summed E-state index contributed by atoms with van der Waals surface area (Å²) in [5.74, 6) is 0.319. The fraction of sp³-hybridized carbons (Fsp3) is 0.667. The molecule has 9 heteroatoms. The van der Waals surface area contributed by atoms with Crippen LogP contribution >= 0.6 is 0 Å². The summed E-state index contributed by atoms with van der Waals surface area (Å²) >= 11 is 0. The van der Waals surface area contributed by atoms with E-state index in [4.69, 9.17) is 0 Å². The molecule has 1 atom stereocenters. The van der Waals surface area contributed by atoms with E-state index in [0.717, 1.165) is 0 Å². The molecule has 1 aliphatic heterocycles. The summed E-state index contributed by atoms with van der Waals surface area (Å²) in [5.41, 5.74) is -0.948. The largest absolute Gasteiger partial charge is 0.332 e. The summed E-state index contributed by atoms with van der Waals surface area (Å²) in [4.78, 5) is 6.43. The summed E-state index contributed by atoms with van der Waals surface area (Å²) in [6.07, 6.45) is 1.49. The molecule has 1 unspecified atom stereocenters. The van der Waals surface area contributed by atoms with Gasteiger partial charge in [0.05, 0.1) is 17.7 Å². The van der Waals surface area contributed by atoms with Crippen molar-refractivity contribution in [2.75, 3.05) is 11.5 Å². The molecule has 2 heterocycles. The SMILES string of the molecule is Cc1ncc(S(=O)(=O)NC2(C)CCS(=O)(=O)C2)[nH]1. The van der Waals surface area contributed by atoms with Crippen LogP contribution in [0.3, 0.4) is 0 Å². The molecule has 0 amide bonds. The van der Waals surface area contributed by atoms with E-state index in [-0.39, 0.29) is 23.0 Å². The number of sulfonamides is 1. The van der Waals surface area contributed by atoms with Gasteiger partial charge in [-0.1, -0.05) is 0 Å². The highest BCUT2D eigenvalue weighted by Crippen LogP contribution is 2.24. The highest BCUT2D eigenvalue weighted by Gasteiger charge is 2.41. The van der Waals surface area contributed by atoms with Gasteiger partial charge in [-0.25, -0.2) is 26.5 Å². The summed E-state index contributed by atoms with van der Waals surface area (Å²) in [7, 11) is -6.92. The van der Waals surface area contributed by atoms with Crippen molar-refractivity contribution in [3.05, 3.63) is 12.0 Å². The average molecular weight is 293 g/mol. The van der Waals surface area contributed by atoms with Crippen molar-refractivity contribution in [3.63, 3.8) is 0 Å². The van der Waals surface area contributed by atoms with Crippen LogP contribution in [0.1, 0.15) is 19.2 Å². The summed E-state index contributed by atoms with van der Waals surface area (Å²) in [6, 6.07) is 0. The number of hydrogen-bond acceptors (Lipinski definition) is 5. The van der Waals surface area contributed by atoms with E-state index in [1.807, 2.05) is 0 Å². The highest BCUT2D eigenvalue weighted by atomic mass is 32.2. The average Bonchev–Trinajstić information content (AvgIpc) is 2.70. The van der Waals surface area contributed by atoms with Gasteiger partial charge in [-0.05, 0) is 20.3 Å². The van der Waals surface area contributed by atoms with Crippen LogP contribution in [0.15, 0.2) is 11.2 Å². The van der Waals surface area contributed by atoms with Gasteiger partial charge in [0.15, 0.2) is 14.9 Å². The molecule has 0 bridgehead atoms. The van der Waals surface area contributed by atoms with Gasteiger partial charge in [-0.15, -0.1) is 0 Å². The number of rotatable bonds is 3. The van der Waals surface area contributed by atoms with Crippen LogP contribution in [0.2, 0.25) is 0 Å². The van der Waals surface area contributed by atoms with Gasteiger partial charge < -0.3 is 4.98 Å². The van der Waals surface area contributed by atoms with Gasteiger partial charge in [0.25, 0.3) is 10.0 Å². The number of nitrogens with one attached hydrogen (secondary N) is 2. The molecule has 2 rings (SSSR count). The van der Waals surface area contributed by atoms with Crippen LogP contribution in [-0.4, -0.2) is 43.8 Å². The molecular weight excluding hydrogens is 278 g/mol. The Labute approximate surface area is 106 Å². The number of H-pyrrole nitrogens is 1. The first-order chi connectivity index (χ1) is 8.12. The minimum absolute atomic E-state index is 0.00796. The molecule has 0 radical (unpaired) electrons. The number of sulfone groups is 1. The first-order valence-electron chi connectivity index (χ1n) is 5.38. The summed E-state index contributed by atoms with van der Waals surface area (Å²) < 4.78 is 49.4. The molecule has 1 aliphatic rings. The Morgan fingerprint density at radius 1 is 1.50 bits per heavy atom. The maximum Gasteiger partial charge on any atom is 0.258 e. The molecule has 7 nitrogen and oxygen atoms in total. The smallest absolute Gasteiger partial charge is 0.258 e. The molecule has 1 aromatic rings. The van der Waals surface area contributed by atoms with Crippen molar-refractivity contribution in [2.24, 2.45) is 0 Å². The second kappa shape index (κ2) is 4.04. The normalized spacial score (nSPS) is 27.4. The second-order valence-corrected chi connectivity index (χ2v) is 8.68. The monoisotopic (exact) mass is 293 g/mol. The number of aryl methyl sites for hydroxylation is 1. The minimum Gasteiger partial charge on any atom is -0.332 e. The molecule has 1 aromatic heterocycles. The molecule has 0 saturated carbocycles. The van der Waals surface area contributed by atoms with E-state index < -0.39 is 25.4 Å². The third-order valence-corrected chi connectivity index (χ3v) is 6.30. The van der Waals surface area contributed by atoms with E-state index in [1.54, 1.807) is 13.8 Å². The number of imidazole rings is 1. The Balaban J connectivity index is 2.24. The van der Waals surface area contributed by atoms with E-state index in [0.29, 0.717) is 5.82 Å². The Morgan fingerprint density at radius 3 is 2.61 bits per heavy atom. The third-order valence-electron chi connectivity index (χ3n) is 2.85. The van der Waals surface area contributed by atoms with E-state index in [9.17, 15) is 16.8 Å². The summed E-state index contributed by atoms with van der Waals surface area (Å²) in [5, 5.41) is -0.0504. The van der Waals surface area contributed by atoms with Crippen LogP contribution in [-0.2, 0) is 19.9 Å². The van der Waals surface area contributed by atoms with Gasteiger partial charge in [0, 0.05) is 5.54 Å². The molecule has 1 saturated heterocycles. The molecule has 102 valence electrons. The molecule has 1 fully saturated rings. The van der Waals surface area contributed by atoms with Crippen LogP contribution in [0, 0.1) is 6.92 Å². The molecule has 0 aromatic carbocycles. The zero-order valence-corrected chi connectivity index (χ0v) is 11.7. The van der Waals surface area contributed by atoms with Gasteiger partial charge in [0.2, 0.25) is 0 Å². The number of nitrogens with zero attached hydrogens (tertiary/aromatic N) is 1. The molecule has 2 N–H and O–H groups in total. The van der Waals surface area contributed by atoms with Crippen LogP contribution in [0.4, 0.5) is 0 Å². The van der Waals surface area contributed by atoms with E-state index >= 15 is 0 Å². The maximum absolute atomic E-state index is 12.0. The van der Waals surface area contributed by atoms with Crippen LogP contribution < -0.4 is 4.72 Å². The zero-order valence-electron chi connectivity index (χ0n) is 10.1. The van der Waals surface area contributed by atoms with Crippen LogP contribution in [0.25, 0.3) is 0 Å². The lowest BCUT2D eigenvalue weighted by Crippen LogP contribution is -2.46. The van der Waals surface area contributed by atoms with Crippen molar-refractivity contribution in [1.82, 2.24) is 14.7 Å². The third kappa shape index (κ3) is 2.73. The maximum atomic E-state index is 12.0. The minimum atomic E-state index is -3.76. The Morgan fingerprint density at radius 2 is 2.17 bits per heavy atom. The number of aromatic amines is 1. The first-order valence-corrected chi connectivity index (χ1v) is 8.68. The fourth-order valence-electron chi connectivity index (χ4n) is 2.01. The quantitative estimate of drug-likeness (QED) is 0.786. The van der Waals surface area contributed by atoms with Gasteiger partial charge in [-0.2, -0.15) is 0 Å². The van der Waals surface area contributed by atoms with Crippen molar-refractivity contribution in [1.29, 1.82) is 0 Å². The summed E-state index contributed by atoms with van der Waals surface area (Å²) in [6.45, 7) is 3.24. The van der Waals surface area contributed by atoms with Crippen molar-refractivity contribution >= 4 is 19.9 Å². The van der Waals surface area contributed by atoms with Crippen LogP contribution in [0.5, 0.6) is 0 Å². The Bertz CT molecular complexity index is 662. The molecule has 0 spiro atoms.